The summed E-state index contributed by atoms with van der Waals surface area (Å²) in [5.74, 6) is 1.31. The van der Waals surface area contributed by atoms with Crippen LogP contribution in [0.1, 0.15) is 43.9 Å². The maximum absolute atomic E-state index is 12.1. The Morgan fingerprint density at radius 1 is 1.19 bits per heavy atom. The van der Waals surface area contributed by atoms with Gasteiger partial charge in [0.05, 0.1) is 23.7 Å². The number of aromatic nitrogens is 3. The molecule has 2 aromatic heterocycles. The summed E-state index contributed by atoms with van der Waals surface area (Å²) in [4.78, 5) is 17.0. The van der Waals surface area contributed by atoms with E-state index in [0.29, 0.717) is 18.1 Å². The third-order valence-electron chi connectivity index (χ3n) is 4.85. The zero-order valence-corrected chi connectivity index (χ0v) is 16.4. The maximum atomic E-state index is 12.1. The molecule has 0 fully saturated rings. The van der Waals surface area contributed by atoms with Crippen LogP contribution in [0.15, 0.2) is 35.3 Å². The first-order chi connectivity index (χ1) is 12.3. The fourth-order valence-corrected chi connectivity index (χ4v) is 3.43. The summed E-state index contributed by atoms with van der Waals surface area (Å²) in [5.41, 5.74) is 5.01. The number of rotatable bonds is 5. The topological polar surface area (TPSA) is 49.0 Å². The molecule has 1 unspecified atom stereocenters. The first-order valence-corrected chi connectivity index (χ1v) is 9.02. The molecule has 3 rings (SSSR count). The van der Waals surface area contributed by atoms with E-state index in [-0.39, 0.29) is 11.6 Å². The predicted molar refractivity (Wildman–Crippen MR) is 106 cm³/mol. The predicted octanol–water partition coefficient (Wildman–Crippen LogP) is 4.04. The number of benzene rings is 1. The summed E-state index contributed by atoms with van der Waals surface area (Å²) >= 11 is 0. The molecule has 1 atom stereocenters. The van der Waals surface area contributed by atoms with E-state index < -0.39 is 0 Å². The van der Waals surface area contributed by atoms with Crippen LogP contribution in [0.3, 0.4) is 0 Å². The van der Waals surface area contributed by atoms with Gasteiger partial charge in [-0.1, -0.05) is 19.9 Å². The Morgan fingerprint density at radius 2 is 1.92 bits per heavy atom. The quantitative estimate of drug-likeness (QED) is 0.695. The molecular formula is C21H27N3O2. The van der Waals surface area contributed by atoms with Crippen LogP contribution >= 0.6 is 0 Å². The van der Waals surface area contributed by atoms with Crippen LogP contribution in [0, 0.1) is 6.92 Å². The molecule has 0 radical (unpaired) electrons. The summed E-state index contributed by atoms with van der Waals surface area (Å²) in [7, 11) is 3.49. The molecule has 3 aromatic rings. The van der Waals surface area contributed by atoms with Crippen LogP contribution in [-0.2, 0) is 11.8 Å². The number of aryl methyl sites for hydroxylation is 2. The lowest BCUT2D eigenvalue weighted by molar-refractivity contribution is 0.164. The Bertz CT molecular complexity index is 972. The van der Waals surface area contributed by atoms with E-state index in [9.17, 15) is 4.79 Å². The van der Waals surface area contributed by atoms with E-state index in [0.717, 1.165) is 22.4 Å². The van der Waals surface area contributed by atoms with Crippen LogP contribution < -0.4 is 5.56 Å². The van der Waals surface area contributed by atoms with Crippen molar-refractivity contribution < 1.29 is 4.74 Å². The van der Waals surface area contributed by atoms with E-state index in [4.69, 9.17) is 9.72 Å². The standard InChI is InChI=1S/C21H27N3O2/c1-13(2)16-7-8-18-19(10-16)24(15(4)12-26-6)20(22-18)17-9-14(3)21(25)23(5)11-17/h7-11,13,15H,12H2,1-6H3. The molecule has 0 N–H and O–H groups in total. The van der Waals surface area contributed by atoms with Crippen LogP contribution in [0.5, 0.6) is 0 Å². The molecule has 0 saturated carbocycles. The second kappa shape index (κ2) is 7.08. The minimum Gasteiger partial charge on any atom is -0.383 e. The van der Waals surface area contributed by atoms with Gasteiger partial charge in [-0.2, -0.15) is 0 Å². The monoisotopic (exact) mass is 353 g/mol. The van der Waals surface area contributed by atoms with Crippen molar-refractivity contribution in [3.05, 3.63) is 51.9 Å². The first kappa shape index (κ1) is 18.4. The maximum Gasteiger partial charge on any atom is 0.253 e. The van der Waals surface area contributed by atoms with E-state index in [1.807, 2.05) is 19.2 Å². The zero-order valence-electron chi connectivity index (χ0n) is 16.4. The third kappa shape index (κ3) is 3.19. The molecule has 0 aliphatic rings. The molecule has 5 nitrogen and oxygen atoms in total. The Labute approximate surface area is 154 Å². The minimum absolute atomic E-state index is 0.0171. The van der Waals surface area contributed by atoms with Crippen LogP contribution in [0.25, 0.3) is 22.4 Å². The number of pyridine rings is 1. The number of fused-ring (bicyclic) bond motifs is 1. The fourth-order valence-electron chi connectivity index (χ4n) is 3.43. The van der Waals surface area contributed by atoms with Gasteiger partial charge in [-0.15, -0.1) is 0 Å². The van der Waals surface area contributed by atoms with Crippen molar-refractivity contribution >= 4 is 11.0 Å². The van der Waals surface area contributed by atoms with Gasteiger partial charge in [0, 0.05) is 31.5 Å². The summed E-state index contributed by atoms with van der Waals surface area (Å²) in [5, 5.41) is 0. The third-order valence-corrected chi connectivity index (χ3v) is 4.85. The Balaban J connectivity index is 2.30. The van der Waals surface area contributed by atoms with Gasteiger partial charge < -0.3 is 13.9 Å². The minimum atomic E-state index is 0.0171. The van der Waals surface area contributed by atoms with Crippen molar-refractivity contribution in [2.24, 2.45) is 7.05 Å². The fraction of sp³-hybridized carbons (Fsp3) is 0.429. The normalized spacial score (nSPS) is 12.9. The largest absolute Gasteiger partial charge is 0.383 e. The van der Waals surface area contributed by atoms with E-state index in [1.165, 1.54) is 5.56 Å². The summed E-state index contributed by atoms with van der Waals surface area (Å²) < 4.78 is 9.25. The molecule has 26 heavy (non-hydrogen) atoms. The molecule has 0 aliphatic carbocycles. The van der Waals surface area contributed by atoms with Crippen molar-refractivity contribution in [1.82, 2.24) is 14.1 Å². The van der Waals surface area contributed by atoms with Gasteiger partial charge in [-0.3, -0.25) is 4.79 Å². The number of nitrogens with zero attached hydrogens (tertiary/aromatic N) is 3. The molecule has 0 saturated heterocycles. The molecule has 0 spiro atoms. The molecule has 138 valence electrons. The summed E-state index contributed by atoms with van der Waals surface area (Å²) in [6.07, 6.45) is 1.86. The molecule has 0 amide bonds. The zero-order chi connectivity index (χ0) is 19.0. The Hall–Kier alpha value is -2.40. The highest BCUT2D eigenvalue weighted by atomic mass is 16.5. The molecule has 0 bridgehead atoms. The Morgan fingerprint density at radius 3 is 2.54 bits per heavy atom. The van der Waals surface area contributed by atoms with Gasteiger partial charge in [-0.05, 0) is 43.5 Å². The van der Waals surface area contributed by atoms with Crippen molar-refractivity contribution in [2.45, 2.75) is 39.7 Å². The molecule has 0 aliphatic heterocycles. The smallest absolute Gasteiger partial charge is 0.253 e. The number of imidazole rings is 1. The average molecular weight is 353 g/mol. The van der Waals surface area contributed by atoms with Crippen molar-refractivity contribution in [2.75, 3.05) is 13.7 Å². The van der Waals surface area contributed by atoms with E-state index in [1.54, 1.807) is 18.7 Å². The van der Waals surface area contributed by atoms with Gasteiger partial charge in [0.2, 0.25) is 0 Å². The number of hydrogen-bond donors (Lipinski definition) is 0. The number of methoxy groups -OCH3 is 1. The van der Waals surface area contributed by atoms with Gasteiger partial charge >= 0.3 is 0 Å². The highest BCUT2D eigenvalue weighted by Gasteiger charge is 2.19. The summed E-state index contributed by atoms with van der Waals surface area (Å²) in [6.45, 7) is 8.95. The number of ether oxygens (including phenoxy) is 1. The van der Waals surface area contributed by atoms with Crippen molar-refractivity contribution in [3.8, 4) is 11.4 Å². The lowest BCUT2D eigenvalue weighted by atomic mass is 10.0. The Kier molecular flexibility index (Phi) is 5.01. The average Bonchev–Trinajstić information content (AvgIpc) is 2.98. The molecular weight excluding hydrogens is 326 g/mol. The van der Waals surface area contributed by atoms with Crippen molar-refractivity contribution in [1.29, 1.82) is 0 Å². The molecule has 2 heterocycles. The van der Waals surface area contributed by atoms with Crippen LogP contribution in [0.4, 0.5) is 0 Å². The second-order valence-electron chi connectivity index (χ2n) is 7.34. The molecule has 5 heteroatoms. The highest BCUT2D eigenvalue weighted by molar-refractivity contribution is 5.81. The second-order valence-corrected chi connectivity index (χ2v) is 7.34. The van der Waals surface area contributed by atoms with Crippen LogP contribution in [-0.4, -0.2) is 27.8 Å². The van der Waals surface area contributed by atoms with Gasteiger partial charge in [0.15, 0.2) is 0 Å². The lowest BCUT2D eigenvalue weighted by Gasteiger charge is -2.18. The molecule has 1 aromatic carbocycles. The van der Waals surface area contributed by atoms with Gasteiger partial charge in [0.1, 0.15) is 5.82 Å². The van der Waals surface area contributed by atoms with Crippen LogP contribution in [0.2, 0.25) is 0 Å². The highest BCUT2D eigenvalue weighted by Crippen LogP contribution is 2.30. The lowest BCUT2D eigenvalue weighted by Crippen LogP contribution is -2.19. The van der Waals surface area contributed by atoms with E-state index in [2.05, 4.69) is 43.5 Å². The summed E-state index contributed by atoms with van der Waals surface area (Å²) in [6, 6.07) is 8.49. The van der Waals surface area contributed by atoms with Crippen molar-refractivity contribution in [3.63, 3.8) is 0 Å². The van der Waals surface area contributed by atoms with Gasteiger partial charge in [0.25, 0.3) is 5.56 Å². The SMILES string of the molecule is COCC(C)n1c(-c2cc(C)c(=O)n(C)c2)nc2ccc(C(C)C)cc21. The number of hydrogen-bond acceptors (Lipinski definition) is 3. The van der Waals surface area contributed by atoms with E-state index >= 15 is 0 Å². The first-order valence-electron chi connectivity index (χ1n) is 9.02. The van der Waals surface area contributed by atoms with Gasteiger partial charge in [-0.25, -0.2) is 4.98 Å².